The molecular weight excluding hydrogens is 404 g/mol. The van der Waals surface area contributed by atoms with E-state index in [1.54, 1.807) is 22.8 Å². The van der Waals surface area contributed by atoms with Crippen LogP contribution in [0.15, 0.2) is 32.3 Å². The van der Waals surface area contributed by atoms with Crippen molar-refractivity contribution in [2.75, 3.05) is 6.61 Å². The van der Waals surface area contributed by atoms with Gasteiger partial charge in [-0.15, -0.1) is 0 Å². The van der Waals surface area contributed by atoms with Gasteiger partial charge in [-0.3, -0.25) is 14.3 Å². The third-order valence-corrected chi connectivity index (χ3v) is 4.73. The summed E-state index contributed by atoms with van der Waals surface area (Å²) in [6.45, 7) is 6.60. The number of hydrogen-bond donors (Lipinski definition) is 2. The van der Waals surface area contributed by atoms with Crippen LogP contribution >= 0.6 is 0 Å². The number of H-pyrrole nitrogens is 1. The van der Waals surface area contributed by atoms with Crippen molar-refractivity contribution in [1.29, 1.82) is 0 Å². The van der Waals surface area contributed by atoms with Crippen molar-refractivity contribution in [3.63, 3.8) is 0 Å². The quantitative estimate of drug-likeness (QED) is 0.492. The van der Waals surface area contributed by atoms with Crippen LogP contribution in [0, 0.1) is 5.92 Å². The minimum absolute atomic E-state index is 0.139. The van der Waals surface area contributed by atoms with Crippen LogP contribution in [0.25, 0.3) is 22.2 Å². The number of carbonyl (C=O) groups is 1. The van der Waals surface area contributed by atoms with Crippen LogP contribution in [0.4, 0.5) is 4.79 Å². The van der Waals surface area contributed by atoms with Gasteiger partial charge >= 0.3 is 5.76 Å². The average Bonchev–Trinajstić information content (AvgIpc) is 3.16. The van der Waals surface area contributed by atoms with Gasteiger partial charge in [0.05, 0.1) is 24.2 Å². The normalized spacial score (nSPS) is 11.2. The maximum absolute atomic E-state index is 13.3. The first kappa shape index (κ1) is 22.1. The van der Waals surface area contributed by atoms with Gasteiger partial charge in [-0.05, 0) is 24.5 Å². The molecule has 166 valence electrons. The molecule has 10 heteroatoms. The van der Waals surface area contributed by atoms with Crippen molar-refractivity contribution >= 4 is 16.9 Å². The molecule has 31 heavy (non-hydrogen) atoms. The molecule has 3 aromatic rings. The van der Waals surface area contributed by atoms with E-state index in [-0.39, 0.29) is 23.8 Å². The Morgan fingerprint density at radius 2 is 2.10 bits per heavy atom. The molecule has 0 atom stereocenters. The van der Waals surface area contributed by atoms with Gasteiger partial charge < -0.3 is 24.5 Å². The van der Waals surface area contributed by atoms with E-state index in [2.05, 4.69) is 20.0 Å². The lowest BCUT2D eigenvalue weighted by molar-refractivity contribution is -0.251. The fourth-order valence-corrected chi connectivity index (χ4v) is 3.34. The number of carboxylic acid groups (broad SMARTS) is 1. The van der Waals surface area contributed by atoms with Crippen LogP contribution in [0.2, 0.25) is 0 Å². The zero-order valence-electron chi connectivity index (χ0n) is 17.7. The van der Waals surface area contributed by atoms with Crippen molar-refractivity contribution in [3.8, 4) is 17.1 Å². The van der Waals surface area contributed by atoms with Gasteiger partial charge in [0, 0.05) is 17.5 Å². The van der Waals surface area contributed by atoms with Crippen molar-refractivity contribution in [1.82, 2.24) is 20.0 Å². The summed E-state index contributed by atoms with van der Waals surface area (Å²) in [6.07, 6.45) is 0.243. The Morgan fingerprint density at radius 3 is 2.71 bits per heavy atom. The molecule has 0 radical (unpaired) electrons. The number of aromatic amines is 1. The minimum Gasteiger partial charge on any atom is -0.530 e. The number of fused-ring (bicyclic) bond motifs is 1. The predicted octanol–water partition coefficient (Wildman–Crippen LogP) is 1.61. The highest BCUT2D eigenvalue weighted by molar-refractivity contribution is 5.91. The van der Waals surface area contributed by atoms with Crippen molar-refractivity contribution < 1.29 is 19.2 Å². The molecule has 0 saturated carbocycles. The molecule has 0 fully saturated rings. The van der Waals surface area contributed by atoms with E-state index >= 15 is 0 Å². The Kier molecular flexibility index (Phi) is 6.78. The second-order valence-corrected chi connectivity index (χ2v) is 7.63. The summed E-state index contributed by atoms with van der Waals surface area (Å²) < 4.78 is 12.2. The number of aromatic nitrogens is 3. The molecule has 0 bridgehead atoms. The molecular formula is C21H25N4O6-. The highest BCUT2D eigenvalue weighted by atomic mass is 16.5. The Balaban J connectivity index is 2.28. The van der Waals surface area contributed by atoms with Gasteiger partial charge in [-0.25, -0.2) is 4.79 Å². The zero-order valence-corrected chi connectivity index (χ0v) is 17.7. The summed E-state index contributed by atoms with van der Waals surface area (Å²) >= 11 is 0. The SMILES string of the molecule is CCCCOc1c(CNC(=O)[O-])n(CC(C)C)c(=O)c2ccc(-c3noc(=O)[nH]3)cc12. The number of benzene rings is 1. The first-order valence-corrected chi connectivity index (χ1v) is 10.1. The smallest absolute Gasteiger partial charge is 0.439 e. The molecule has 0 spiro atoms. The van der Waals surface area contributed by atoms with Crippen LogP contribution in [-0.2, 0) is 13.1 Å². The van der Waals surface area contributed by atoms with E-state index in [1.165, 1.54) is 0 Å². The van der Waals surface area contributed by atoms with E-state index < -0.39 is 11.8 Å². The topological polar surface area (TPSA) is 142 Å². The zero-order chi connectivity index (χ0) is 22.5. The number of carbonyl (C=O) groups excluding carboxylic acids is 1. The minimum atomic E-state index is -1.45. The number of nitrogens with zero attached hydrogens (tertiary/aromatic N) is 2. The number of amides is 1. The molecule has 0 aliphatic heterocycles. The van der Waals surface area contributed by atoms with E-state index in [4.69, 9.17) is 4.74 Å². The molecule has 0 unspecified atom stereocenters. The summed E-state index contributed by atoms with van der Waals surface area (Å²) in [7, 11) is 0. The molecule has 2 heterocycles. The van der Waals surface area contributed by atoms with Gasteiger partial charge in [-0.2, -0.15) is 0 Å². The van der Waals surface area contributed by atoms with E-state index in [9.17, 15) is 19.5 Å². The van der Waals surface area contributed by atoms with Crippen molar-refractivity contribution in [2.24, 2.45) is 5.92 Å². The third kappa shape index (κ3) is 4.96. The van der Waals surface area contributed by atoms with Crippen LogP contribution in [0.5, 0.6) is 5.75 Å². The molecule has 2 N–H and O–H groups in total. The van der Waals surface area contributed by atoms with Crippen molar-refractivity contribution in [3.05, 3.63) is 44.8 Å². The molecule has 0 saturated heterocycles. The summed E-state index contributed by atoms with van der Waals surface area (Å²) in [5.74, 6) is 0.0675. The maximum Gasteiger partial charge on any atom is 0.439 e. The largest absolute Gasteiger partial charge is 0.530 e. The molecule has 10 nitrogen and oxygen atoms in total. The Labute approximate surface area is 177 Å². The Hall–Kier alpha value is -3.56. The number of nitrogens with one attached hydrogen (secondary N) is 2. The Bertz CT molecular complexity index is 1190. The van der Waals surface area contributed by atoms with E-state index in [0.29, 0.717) is 40.9 Å². The molecule has 3 rings (SSSR count). The highest BCUT2D eigenvalue weighted by Gasteiger charge is 2.20. The number of pyridine rings is 1. The Morgan fingerprint density at radius 1 is 1.32 bits per heavy atom. The third-order valence-electron chi connectivity index (χ3n) is 4.73. The van der Waals surface area contributed by atoms with Crippen LogP contribution < -0.4 is 26.5 Å². The van der Waals surface area contributed by atoms with E-state index in [0.717, 1.165) is 12.8 Å². The van der Waals surface area contributed by atoms with Crippen LogP contribution in [0.3, 0.4) is 0 Å². The average molecular weight is 429 g/mol. The van der Waals surface area contributed by atoms with Crippen LogP contribution in [0.1, 0.15) is 39.3 Å². The summed E-state index contributed by atoms with van der Waals surface area (Å²) in [5.41, 5.74) is 0.678. The fraction of sp³-hybridized carbons (Fsp3) is 0.429. The van der Waals surface area contributed by atoms with Gasteiger partial charge in [0.1, 0.15) is 11.8 Å². The molecule has 0 aliphatic rings. The highest BCUT2D eigenvalue weighted by Crippen LogP contribution is 2.31. The lowest BCUT2D eigenvalue weighted by Gasteiger charge is -2.22. The van der Waals surface area contributed by atoms with Gasteiger partial charge in [0.15, 0.2) is 5.82 Å². The van der Waals surface area contributed by atoms with E-state index in [1.807, 2.05) is 20.8 Å². The molecule has 0 aliphatic carbocycles. The first-order valence-electron chi connectivity index (χ1n) is 10.1. The number of ether oxygens (including phenoxy) is 1. The van der Waals surface area contributed by atoms with Gasteiger partial charge in [-0.1, -0.05) is 38.4 Å². The monoisotopic (exact) mass is 429 g/mol. The molecule has 1 amide bonds. The standard InChI is InChI=1S/C21H26N4O6/c1-4-5-8-30-17-15-9-13(18-23-21(29)31-24-18)6-7-14(15)19(26)25(11-12(2)3)16(17)10-22-20(27)28/h6-7,9,12,22H,4-5,8,10-11H2,1-3H3,(H,27,28)(H,23,24,29)/p-1. The summed E-state index contributed by atoms with van der Waals surface area (Å²) in [4.78, 5) is 38.2. The number of unbranched alkanes of at least 4 members (excludes halogenated alkanes) is 1. The second kappa shape index (κ2) is 9.50. The number of rotatable bonds is 9. The lowest BCUT2D eigenvalue weighted by atomic mass is 10.0. The maximum atomic E-state index is 13.3. The van der Waals surface area contributed by atoms with Gasteiger partial charge in [0.25, 0.3) is 5.56 Å². The molecule has 2 aromatic heterocycles. The summed E-state index contributed by atoms with van der Waals surface area (Å²) in [6, 6.07) is 4.97. The second-order valence-electron chi connectivity index (χ2n) is 7.63. The van der Waals surface area contributed by atoms with Crippen molar-refractivity contribution in [2.45, 2.75) is 46.7 Å². The summed E-state index contributed by atoms with van der Waals surface area (Å²) in [5, 5.41) is 17.9. The van der Waals surface area contributed by atoms with Crippen LogP contribution in [-0.4, -0.2) is 27.4 Å². The lowest BCUT2D eigenvalue weighted by Crippen LogP contribution is -2.38. The first-order chi connectivity index (χ1) is 14.8. The molecule has 1 aromatic carbocycles. The van der Waals surface area contributed by atoms with Gasteiger partial charge in [0.2, 0.25) is 0 Å². The fourth-order valence-electron chi connectivity index (χ4n) is 3.34. The predicted molar refractivity (Wildman–Crippen MR) is 112 cm³/mol. The number of hydrogen-bond acceptors (Lipinski definition) is 7.